The topological polar surface area (TPSA) is 6.48 Å². The molecule has 0 bridgehead atoms. The Kier molecular flexibility index (Phi) is 6.99. The predicted octanol–water partition coefficient (Wildman–Crippen LogP) is 3.39. The van der Waals surface area contributed by atoms with Crippen LogP contribution >= 0.6 is 7.92 Å². The minimum Gasteiger partial charge on any atom is -0.302 e. The van der Waals surface area contributed by atoms with E-state index in [1.54, 1.807) is 0 Å². The van der Waals surface area contributed by atoms with E-state index < -0.39 is 0 Å². The van der Waals surface area contributed by atoms with E-state index in [9.17, 15) is 0 Å². The van der Waals surface area contributed by atoms with Gasteiger partial charge in [-0.25, -0.2) is 0 Å². The molecule has 0 saturated carbocycles. The van der Waals surface area contributed by atoms with Crippen LogP contribution in [0.4, 0.5) is 0 Å². The van der Waals surface area contributed by atoms with E-state index in [1.807, 2.05) is 0 Å². The highest BCUT2D eigenvalue weighted by molar-refractivity contribution is 7.66. The Bertz CT molecular complexity index is 335. The maximum atomic E-state index is 2.41. The van der Waals surface area contributed by atoms with Gasteiger partial charge >= 0.3 is 0 Å². The molecule has 0 fully saturated rings. The van der Waals surface area contributed by atoms with Gasteiger partial charge < -0.3 is 9.80 Å². The van der Waals surface area contributed by atoms with Gasteiger partial charge in [0.25, 0.3) is 0 Å². The zero-order chi connectivity index (χ0) is 14.4. The molecule has 1 rings (SSSR count). The first-order chi connectivity index (χ1) is 9.02. The van der Waals surface area contributed by atoms with E-state index in [4.69, 9.17) is 0 Å². The Morgan fingerprint density at radius 1 is 0.842 bits per heavy atom. The SMILES string of the molecule is CCC(N(C)C)P(c1ccccc1)C(CC)N(C)C. The molecule has 0 spiro atoms. The fraction of sp³-hybridized carbons (Fsp3) is 0.625. The van der Waals surface area contributed by atoms with E-state index in [0.717, 1.165) is 0 Å². The van der Waals surface area contributed by atoms with Crippen LogP contribution in [0, 0.1) is 0 Å². The van der Waals surface area contributed by atoms with Crippen molar-refractivity contribution in [2.24, 2.45) is 0 Å². The van der Waals surface area contributed by atoms with Crippen molar-refractivity contribution >= 4 is 13.2 Å². The molecule has 0 aliphatic heterocycles. The van der Waals surface area contributed by atoms with Gasteiger partial charge in [-0.15, -0.1) is 0 Å². The highest BCUT2D eigenvalue weighted by atomic mass is 31.1. The first-order valence-corrected chi connectivity index (χ1v) is 8.67. The van der Waals surface area contributed by atoms with Crippen molar-refractivity contribution in [3.05, 3.63) is 30.3 Å². The van der Waals surface area contributed by atoms with Crippen LogP contribution in [0.2, 0.25) is 0 Å². The first-order valence-electron chi connectivity index (χ1n) is 7.19. The van der Waals surface area contributed by atoms with Crippen molar-refractivity contribution in [1.82, 2.24) is 9.80 Å². The molecule has 2 nitrogen and oxygen atoms in total. The Hall–Kier alpha value is -0.430. The van der Waals surface area contributed by atoms with Crippen LogP contribution in [0.1, 0.15) is 26.7 Å². The lowest BCUT2D eigenvalue weighted by Gasteiger charge is -2.40. The fourth-order valence-electron chi connectivity index (χ4n) is 2.76. The molecule has 2 unspecified atom stereocenters. The van der Waals surface area contributed by atoms with Crippen molar-refractivity contribution in [2.75, 3.05) is 28.2 Å². The molecule has 1 aromatic carbocycles. The summed E-state index contributed by atoms with van der Waals surface area (Å²) in [7, 11) is 8.66. The zero-order valence-electron chi connectivity index (χ0n) is 13.3. The van der Waals surface area contributed by atoms with Crippen LogP contribution in [-0.4, -0.2) is 49.6 Å². The molecule has 0 heterocycles. The minimum atomic E-state index is -0.210. The molecule has 2 atom stereocenters. The molecule has 0 aromatic heterocycles. The van der Waals surface area contributed by atoms with Crippen molar-refractivity contribution < 1.29 is 0 Å². The van der Waals surface area contributed by atoms with Gasteiger partial charge in [0.15, 0.2) is 0 Å². The predicted molar refractivity (Wildman–Crippen MR) is 88.5 cm³/mol. The maximum absolute atomic E-state index is 2.41. The Balaban J connectivity index is 3.16. The molecular weight excluding hydrogens is 251 g/mol. The highest BCUT2D eigenvalue weighted by Crippen LogP contribution is 2.49. The summed E-state index contributed by atoms with van der Waals surface area (Å²) in [5, 5.41) is 1.53. The summed E-state index contributed by atoms with van der Waals surface area (Å²) < 4.78 is 0. The van der Waals surface area contributed by atoms with Gasteiger partial charge in [-0.1, -0.05) is 44.2 Å². The average molecular weight is 280 g/mol. The van der Waals surface area contributed by atoms with E-state index in [0.29, 0.717) is 11.6 Å². The van der Waals surface area contributed by atoms with E-state index in [2.05, 4.69) is 82.2 Å². The summed E-state index contributed by atoms with van der Waals surface area (Å²) in [5.41, 5.74) is 0. The lowest BCUT2D eigenvalue weighted by Crippen LogP contribution is -2.38. The van der Waals surface area contributed by atoms with Gasteiger partial charge in [0, 0.05) is 11.6 Å². The lowest BCUT2D eigenvalue weighted by molar-refractivity contribution is 0.339. The van der Waals surface area contributed by atoms with E-state index in [-0.39, 0.29) is 7.92 Å². The van der Waals surface area contributed by atoms with E-state index in [1.165, 1.54) is 18.1 Å². The maximum Gasteiger partial charge on any atom is 0.0343 e. The summed E-state index contributed by atoms with van der Waals surface area (Å²) >= 11 is 0. The van der Waals surface area contributed by atoms with Crippen molar-refractivity contribution in [3.63, 3.8) is 0 Å². The minimum absolute atomic E-state index is 0.210. The number of hydrogen-bond donors (Lipinski definition) is 0. The second-order valence-corrected chi connectivity index (χ2v) is 7.97. The van der Waals surface area contributed by atoms with Crippen LogP contribution in [0.15, 0.2) is 30.3 Å². The summed E-state index contributed by atoms with van der Waals surface area (Å²) in [6, 6.07) is 11.1. The Labute approximate surface area is 120 Å². The third kappa shape index (κ3) is 4.27. The normalized spacial score (nSPS) is 16.6. The average Bonchev–Trinajstić information content (AvgIpc) is 2.39. The Morgan fingerprint density at radius 2 is 1.26 bits per heavy atom. The molecule has 0 aliphatic rings. The van der Waals surface area contributed by atoms with Crippen LogP contribution in [0.3, 0.4) is 0 Å². The quantitative estimate of drug-likeness (QED) is 0.706. The number of hydrogen-bond acceptors (Lipinski definition) is 2. The number of rotatable bonds is 7. The van der Waals surface area contributed by atoms with Crippen LogP contribution in [-0.2, 0) is 0 Å². The van der Waals surface area contributed by atoms with Crippen LogP contribution in [0.5, 0.6) is 0 Å². The second-order valence-electron chi connectivity index (χ2n) is 5.45. The van der Waals surface area contributed by atoms with Gasteiger partial charge in [0.05, 0.1) is 0 Å². The summed E-state index contributed by atoms with van der Waals surface area (Å²) in [4.78, 5) is 4.82. The molecule has 0 radical (unpaired) electrons. The fourth-order valence-corrected chi connectivity index (χ4v) is 6.15. The number of benzene rings is 1. The van der Waals surface area contributed by atoms with Crippen LogP contribution in [0.25, 0.3) is 0 Å². The van der Waals surface area contributed by atoms with Gasteiger partial charge in [0.2, 0.25) is 0 Å². The van der Waals surface area contributed by atoms with Gasteiger partial charge in [-0.3, -0.25) is 0 Å². The summed E-state index contributed by atoms with van der Waals surface area (Å²) in [5.74, 6) is 1.29. The Morgan fingerprint density at radius 3 is 1.58 bits per heavy atom. The third-order valence-corrected chi connectivity index (χ3v) is 7.45. The molecule has 3 heteroatoms. The summed E-state index contributed by atoms with van der Waals surface area (Å²) in [6.45, 7) is 4.62. The largest absolute Gasteiger partial charge is 0.302 e. The molecule has 108 valence electrons. The van der Waals surface area contributed by atoms with Crippen molar-refractivity contribution in [1.29, 1.82) is 0 Å². The number of nitrogens with zero attached hydrogens (tertiary/aromatic N) is 2. The standard InChI is InChI=1S/C16H29N2P/c1-7-15(17(3)4)19(16(8-2)18(5)6)14-12-10-9-11-13-14/h9-13,15-16H,7-8H2,1-6H3. The molecule has 0 aliphatic carbocycles. The third-order valence-electron chi connectivity index (χ3n) is 3.62. The smallest absolute Gasteiger partial charge is 0.0343 e. The molecular formula is C16H29N2P. The van der Waals surface area contributed by atoms with Crippen molar-refractivity contribution in [2.45, 2.75) is 38.3 Å². The first kappa shape index (κ1) is 16.6. The summed E-state index contributed by atoms with van der Waals surface area (Å²) in [6.07, 6.45) is 2.41. The molecule has 0 saturated heterocycles. The van der Waals surface area contributed by atoms with Gasteiger partial charge in [-0.05, 0) is 54.3 Å². The highest BCUT2D eigenvalue weighted by Gasteiger charge is 2.30. The molecule has 0 N–H and O–H groups in total. The van der Waals surface area contributed by atoms with E-state index >= 15 is 0 Å². The molecule has 1 aromatic rings. The lowest BCUT2D eigenvalue weighted by atomic mass is 10.4. The van der Waals surface area contributed by atoms with Crippen molar-refractivity contribution in [3.8, 4) is 0 Å². The second kappa shape index (κ2) is 7.99. The zero-order valence-corrected chi connectivity index (χ0v) is 14.2. The molecule has 0 amide bonds. The molecule has 19 heavy (non-hydrogen) atoms. The van der Waals surface area contributed by atoms with Gasteiger partial charge in [-0.2, -0.15) is 0 Å². The van der Waals surface area contributed by atoms with Gasteiger partial charge in [0.1, 0.15) is 0 Å². The monoisotopic (exact) mass is 280 g/mol. The van der Waals surface area contributed by atoms with Crippen LogP contribution < -0.4 is 5.30 Å².